The summed E-state index contributed by atoms with van der Waals surface area (Å²) in [5.41, 5.74) is 7.36. The van der Waals surface area contributed by atoms with Gasteiger partial charge in [0.05, 0.1) is 12.6 Å². The summed E-state index contributed by atoms with van der Waals surface area (Å²) in [6.07, 6.45) is 0. The fraction of sp³-hybridized carbons (Fsp3) is 0.667. The molecule has 3 atom stereocenters. The second kappa shape index (κ2) is 5.77. The number of nitrogens with two attached hydrogens (primary N) is 1. The van der Waals surface area contributed by atoms with E-state index in [0.29, 0.717) is 0 Å². The normalized spacial score (nSPS) is 17.4. The fourth-order valence-corrected chi connectivity index (χ4v) is 3.08. The van der Waals surface area contributed by atoms with Crippen molar-refractivity contribution in [3.05, 3.63) is 21.9 Å². The lowest BCUT2D eigenvalue weighted by Gasteiger charge is -2.34. The molecule has 1 heterocycles. The molecule has 16 heavy (non-hydrogen) atoms. The highest BCUT2D eigenvalue weighted by Gasteiger charge is 2.26. The molecule has 3 N–H and O–H groups in total. The minimum Gasteiger partial charge on any atom is -0.395 e. The molecule has 0 bridgehead atoms. The molecule has 0 amide bonds. The number of hydrogen-bond donors (Lipinski definition) is 2. The van der Waals surface area contributed by atoms with E-state index in [2.05, 4.69) is 23.3 Å². The molecule has 4 heteroatoms. The highest BCUT2D eigenvalue weighted by Crippen LogP contribution is 2.30. The monoisotopic (exact) mass is 242 g/mol. The van der Waals surface area contributed by atoms with Crippen LogP contribution in [0, 0.1) is 6.92 Å². The van der Waals surface area contributed by atoms with E-state index < -0.39 is 0 Å². The molecule has 0 fully saturated rings. The molecule has 0 aliphatic heterocycles. The van der Waals surface area contributed by atoms with Gasteiger partial charge in [-0.15, -0.1) is 11.3 Å². The Hall–Kier alpha value is -0.420. The number of rotatable bonds is 5. The van der Waals surface area contributed by atoms with Crippen LogP contribution < -0.4 is 5.73 Å². The summed E-state index contributed by atoms with van der Waals surface area (Å²) in [4.78, 5) is 3.46. The number of likely N-dealkylation sites (N-methyl/N-ethyl adjacent to an activating group) is 1. The number of aliphatic hydroxyl groups is 1. The van der Waals surface area contributed by atoms with Crippen LogP contribution in [0.3, 0.4) is 0 Å². The Morgan fingerprint density at radius 3 is 2.50 bits per heavy atom. The van der Waals surface area contributed by atoms with Crippen LogP contribution in [0.15, 0.2) is 11.4 Å². The summed E-state index contributed by atoms with van der Waals surface area (Å²) in [7, 11) is 2.02. The lowest BCUT2D eigenvalue weighted by molar-refractivity contribution is 0.111. The van der Waals surface area contributed by atoms with Crippen LogP contribution in [0.4, 0.5) is 0 Å². The van der Waals surface area contributed by atoms with E-state index in [1.807, 2.05) is 20.9 Å². The van der Waals surface area contributed by atoms with Crippen molar-refractivity contribution >= 4 is 11.3 Å². The molecule has 0 aromatic carbocycles. The zero-order chi connectivity index (χ0) is 12.3. The van der Waals surface area contributed by atoms with Gasteiger partial charge in [0.15, 0.2) is 0 Å². The summed E-state index contributed by atoms with van der Waals surface area (Å²) in [5, 5.41) is 11.3. The number of aryl methyl sites for hydroxylation is 1. The molecule has 92 valence electrons. The van der Waals surface area contributed by atoms with Gasteiger partial charge in [-0.3, -0.25) is 4.90 Å². The van der Waals surface area contributed by atoms with Crippen molar-refractivity contribution in [1.29, 1.82) is 0 Å². The van der Waals surface area contributed by atoms with E-state index in [1.165, 1.54) is 10.4 Å². The second-order valence-corrected chi connectivity index (χ2v) is 5.42. The van der Waals surface area contributed by atoms with Crippen molar-refractivity contribution in [3.63, 3.8) is 0 Å². The molecule has 0 saturated carbocycles. The molecule has 1 rings (SSSR count). The first-order chi connectivity index (χ1) is 7.49. The summed E-state index contributed by atoms with van der Waals surface area (Å²) in [5.74, 6) is 0. The van der Waals surface area contributed by atoms with Gasteiger partial charge in [-0.1, -0.05) is 0 Å². The van der Waals surface area contributed by atoms with E-state index >= 15 is 0 Å². The Labute approximate surface area is 102 Å². The molecule has 0 radical (unpaired) electrons. The number of thiophene rings is 1. The summed E-state index contributed by atoms with van der Waals surface area (Å²) in [6.45, 7) is 6.30. The van der Waals surface area contributed by atoms with E-state index in [9.17, 15) is 5.11 Å². The van der Waals surface area contributed by atoms with Crippen LogP contribution in [-0.4, -0.2) is 35.7 Å². The lowest BCUT2D eigenvalue weighted by Crippen LogP contribution is -2.43. The molecular formula is C12H22N2OS. The van der Waals surface area contributed by atoms with E-state index in [0.717, 1.165) is 0 Å². The smallest absolute Gasteiger partial charge is 0.0594 e. The maximum absolute atomic E-state index is 9.22. The molecule has 0 saturated heterocycles. The molecule has 0 spiro atoms. The van der Waals surface area contributed by atoms with Crippen LogP contribution in [0.5, 0.6) is 0 Å². The van der Waals surface area contributed by atoms with E-state index in [1.54, 1.807) is 11.3 Å². The van der Waals surface area contributed by atoms with Crippen LogP contribution in [0.2, 0.25) is 0 Å². The summed E-state index contributed by atoms with van der Waals surface area (Å²) < 4.78 is 0. The van der Waals surface area contributed by atoms with Crippen LogP contribution in [0.25, 0.3) is 0 Å². The van der Waals surface area contributed by atoms with Crippen molar-refractivity contribution in [1.82, 2.24) is 4.90 Å². The minimum atomic E-state index is 0.0522. The zero-order valence-electron chi connectivity index (χ0n) is 10.5. The Kier molecular flexibility index (Phi) is 4.92. The largest absolute Gasteiger partial charge is 0.395 e. The first kappa shape index (κ1) is 13.6. The first-order valence-corrected chi connectivity index (χ1v) is 6.49. The van der Waals surface area contributed by atoms with Gasteiger partial charge < -0.3 is 10.8 Å². The average Bonchev–Trinajstić information content (AvgIpc) is 2.63. The fourth-order valence-electron chi connectivity index (χ4n) is 1.89. The van der Waals surface area contributed by atoms with Crippen LogP contribution >= 0.6 is 11.3 Å². The molecule has 1 aromatic heterocycles. The zero-order valence-corrected chi connectivity index (χ0v) is 11.3. The summed E-state index contributed by atoms with van der Waals surface area (Å²) in [6, 6.07) is 2.48. The maximum Gasteiger partial charge on any atom is 0.0594 e. The van der Waals surface area contributed by atoms with Crippen molar-refractivity contribution < 1.29 is 5.11 Å². The van der Waals surface area contributed by atoms with Crippen molar-refractivity contribution in [3.8, 4) is 0 Å². The van der Waals surface area contributed by atoms with Gasteiger partial charge in [0.25, 0.3) is 0 Å². The Morgan fingerprint density at radius 1 is 1.50 bits per heavy atom. The van der Waals surface area contributed by atoms with Crippen molar-refractivity contribution in [2.75, 3.05) is 13.7 Å². The van der Waals surface area contributed by atoms with Gasteiger partial charge in [-0.2, -0.15) is 0 Å². The molecule has 1 aromatic rings. The quantitative estimate of drug-likeness (QED) is 0.827. The van der Waals surface area contributed by atoms with Gasteiger partial charge in [0.2, 0.25) is 0 Å². The van der Waals surface area contributed by atoms with Crippen LogP contribution in [0.1, 0.15) is 30.3 Å². The van der Waals surface area contributed by atoms with Gasteiger partial charge >= 0.3 is 0 Å². The van der Waals surface area contributed by atoms with E-state index in [4.69, 9.17) is 5.73 Å². The minimum absolute atomic E-state index is 0.0522. The highest BCUT2D eigenvalue weighted by atomic mass is 32.1. The molecule has 3 nitrogen and oxygen atoms in total. The summed E-state index contributed by atoms with van der Waals surface area (Å²) >= 11 is 1.74. The topological polar surface area (TPSA) is 49.5 Å². The molecule has 0 aliphatic rings. The van der Waals surface area contributed by atoms with Gasteiger partial charge in [0.1, 0.15) is 0 Å². The number of nitrogens with zero attached hydrogens (tertiary/aromatic N) is 1. The number of aliphatic hydroxyl groups excluding tert-OH is 1. The lowest BCUT2D eigenvalue weighted by atomic mass is 10.0. The van der Waals surface area contributed by atoms with Gasteiger partial charge in [-0.05, 0) is 44.8 Å². The van der Waals surface area contributed by atoms with Crippen LogP contribution in [-0.2, 0) is 0 Å². The van der Waals surface area contributed by atoms with Crippen molar-refractivity contribution in [2.24, 2.45) is 5.73 Å². The van der Waals surface area contributed by atoms with Crippen molar-refractivity contribution in [2.45, 2.75) is 38.9 Å². The molecule has 0 aliphatic carbocycles. The highest BCUT2D eigenvalue weighted by molar-refractivity contribution is 7.10. The number of hydrogen-bond acceptors (Lipinski definition) is 4. The third-order valence-corrected chi connectivity index (χ3v) is 4.16. The Balaban J connectivity index is 2.96. The predicted molar refractivity (Wildman–Crippen MR) is 69.8 cm³/mol. The Morgan fingerprint density at radius 2 is 2.12 bits per heavy atom. The SMILES string of the molecule is Cc1ccsc1C(C(C)N)N(C)C(C)CO. The first-order valence-electron chi connectivity index (χ1n) is 5.61. The molecule has 3 unspecified atom stereocenters. The van der Waals surface area contributed by atoms with Gasteiger partial charge in [-0.25, -0.2) is 0 Å². The second-order valence-electron chi connectivity index (χ2n) is 4.47. The van der Waals surface area contributed by atoms with E-state index in [-0.39, 0.29) is 24.7 Å². The van der Waals surface area contributed by atoms with Gasteiger partial charge in [0, 0.05) is 17.0 Å². The molecular weight excluding hydrogens is 220 g/mol. The third kappa shape index (κ3) is 2.83. The standard InChI is InChI=1S/C12H22N2OS/c1-8-5-6-16-12(8)11(10(3)13)14(4)9(2)7-15/h5-6,9-11,15H,7,13H2,1-4H3. The maximum atomic E-state index is 9.22. The predicted octanol–water partition coefficient (Wildman–Crippen LogP) is 1.76. The third-order valence-electron chi connectivity index (χ3n) is 3.07. The average molecular weight is 242 g/mol. The Bertz CT molecular complexity index is 325.